The Morgan fingerprint density at radius 1 is 0.857 bits per heavy atom. The molecule has 0 radical (unpaired) electrons. The van der Waals surface area contributed by atoms with Crippen molar-refractivity contribution < 1.29 is 91.4 Å². The summed E-state index contributed by atoms with van der Waals surface area (Å²) in [7, 11) is 0. The number of ketones is 2. The predicted octanol–water partition coefficient (Wildman–Crippen LogP) is -0.873. The number of aromatic carboxylic acids is 1. The van der Waals surface area contributed by atoms with Gasteiger partial charge < -0.3 is 16.0 Å². The molecule has 138 valence electrons. The summed E-state index contributed by atoms with van der Waals surface area (Å²) in [5, 5.41) is 9.24. The van der Waals surface area contributed by atoms with E-state index in [2.05, 4.69) is 0 Å². The molecule has 9 heteroatoms. The summed E-state index contributed by atoms with van der Waals surface area (Å²) in [6.45, 7) is 2.22. The van der Waals surface area contributed by atoms with Gasteiger partial charge in [-0.1, -0.05) is 12.1 Å². The molecule has 0 bridgehead atoms. The number of carbonyl (C=O) groups is 5. The summed E-state index contributed by atoms with van der Waals surface area (Å²) in [6.07, 6.45) is 0. The molecular formula is C19H13KO8. The summed E-state index contributed by atoms with van der Waals surface area (Å²) in [5.74, 6) is -4.66. The third-order valence-corrected chi connectivity index (χ3v) is 3.83. The molecule has 0 aliphatic heterocycles. The van der Waals surface area contributed by atoms with E-state index in [4.69, 9.17) is 9.47 Å². The van der Waals surface area contributed by atoms with Crippen molar-refractivity contribution in [3.05, 3.63) is 58.1 Å². The fourth-order valence-corrected chi connectivity index (χ4v) is 2.85. The number of fused-ring (bicyclic) bond motifs is 2. The van der Waals surface area contributed by atoms with Crippen molar-refractivity contribution in [2.45, 2.75) is 13.8 Å². The van der Waals surface area contributed by atoms with Crippen molar-refractivity contribution in [2.24, 2.45) is 0 Å². The second-order valence-electron chi connectivity index (χ2n) is 5.73. The Hall–Kier alpha value is -2.17. The zero-order valence-corrected chi connectivity index (χ0v) is 18.3. The van der Waals surface area contributed by atoms with Crippen LogP contribution in [0.15, 0.2) is 30.3 Å². The van der Waals surface area contributed by atoms with E-state index < -0.39 is 29.5 Å². The molecule has 0 fully saturated rings. The van der Waals surface area contributed by atoms with Gasteiger partial charge in [-0.05, 0) is 18.2 Å². The molecule has 3 rings (SSSR count). The molecule has 1 aliphatic rings. The van der Waals surface area contributed by atoms with Crippen LogP contribution in [-0.2, 0) is 9.59 Å². The van der Waals surface area contributed by atoms with Crippen LogP contribution in [0, 0.1) is 0 Å². The van der Waals surface area contributed by atoms with E-state index in [1.165, 1.54) is 18.2 Å². The Kier molecular flexibility index (Phi) is 6.68. The molecule has 0 aromatic heterocycles. The largest absolute Gasteiger partial charge is 1.00 e. The zero-order chi connectivity index (χ0) is 19.9. The minimum absolute atomic E-state index is 0. The van der Waals surface area contributed by atoms with Crippen molar-refractivity contribution in [3.8, 4) is 11.5 Å². The normalized spacial score (nSPS) is 11.6. The molecule has 0 atom stereocenters. The van der Waals surface area contributed by atoms with Gasteiger partial charge in [0.2, 0.25) is 5.78 Å². The smallest absolute Gasteiger partial charge is 1.00 e. The van der Waals surface area contributed by atoms with Gasteiger partial charge in [0.1, 0.15) is 11.5 Å². The van der Waals surface area contributed by atoms with E-state index in [9.17, 15) is 29.1 Å². The van der Waals surface area contributed by atoms with E-state index in [0.29, 0.717) is 0 Å². The SMILES string of the molecule is CC(=O)Oc1cccc2c1C(=O)c1c(OC(C)=O)cc(C(=O)O)cc1C2=O.[H-].[K+]. The van der Waals surface area contributed by atoms with Gasteiger partial charge in [-0.2, -0.15) is 0 Å². The topological polar surface area (TPSA) is 124 Å². The van der Waals surface area contributed by atoms with Crippen LogP contribution in [0.3, 0.4) is 0 Å². The average molecular weight is 408 g/mol. The number of benzene rings is 2. The number of rotatable bonds is 3. The Morgan fingerprint density at radius 2 is 1.43 bits per heavy atom. The van der Waals surface area contributed by atoms with E-state index in [1.807, 2.05) is 0 Å². The predicted molar refractivity (Wildman–Crippen MR) is 90.4 cm³/mol. The average Bonchev–Trinajstić information content (AvgIpc) is 2.57. The first-order chi connectivity index (χ1) is 12.7. The second kappa shape index (κ2) is 8.46. The number of carboxylic acids is 1. The van der Waals surface area contributed by atoms with Gasteiger partial charge >= 0.3 is 69.3 Å². The molecule has 8 nitrogen and oxygen atoms in total. The molecule has 28 heavy (non-hydrogen) atoms. The number of carbonyl (C=O) groups excluding carboxylic acids is 4. The van der Waals surface area contributed by atoms with Gasteiger partial charge in [-0.3, -0.25) is 19.2 Å². The van der Waals surface area contributed by atoms with Gasteiger partial charge in [0, 0.05) is 25.0 Å². The van der Waals surface area contributed by atoms with Crippen molar-refractivity contribution in [1.29, 1.82) is 0 Å². The van der Waals surface area contributed by atoms with Crippen molar-refractivity contribution in [1.82, 2.24) is 0 Å². The minimum Gasteiger partial charge on any atom is -1.00 e. The molecule has 0 saturated carbocycles. The van der Waals surface area contributed by atoms with Gasteiger partial charge in [0.25, 0.3) is 0 Å². The van der Waals surface area contributed by atoms with Crippen LogP contribution in [0.2, 0.25) is 0 Å². The Morgan fingerprint density at radius 3 is 2.00 bits per heavy atom. The number of esters is 2. The molecule has 0 heterocycles. The van der Waals surface area contributed by atoms with E-state index in [0.717, 1.165) is 26.0 Å². The van der Waals surface area contributed by atoms with Crippen LogP contribution < -0.4 is 60.9 Å². The van der Waals surface area contributed by atoms with Crippen LogP contribution in [0.4, 0.5) is 0 Å². The van der Waals surface area contributed by atoms with E-state index in [1.54, 1.807) is 0 Å². The maximum absolute atomic E-state index is 13.1. The second-order valence-corrected chi connectivity index (χ2v) is 5.73. The molecule has 1 N–H and O–H groups in total. The molecule has 0 amide bonds. The quantitative estimate of drug-likeness (QED) is 0.337. The fraction of sp³-hybridized carbons (Fsp3) is 0.105. The van der Waals surface area contributed by atoms with Crippen molar-refractivity contribution in [2.75, 3.05) is 0 Å². The Labute approximate surface area is 202 Å². The maximum Gasteiger partial charge on any atom is 1.00 e. The summed E-state index contributed by atoms with van der Waals surface area (Å²) < 4.78 is 9.99. The fourth-order valence-electron chi connectivity index (χ4n) is 2.85. The molecule has 2 aromatic rings. The molecule has 0 spiro atoms. The van der Waals surface area contributed by atoms with Crippen LogP contribution in [0.1, 0.15) is 57.5 Å². The van der Waals surface area contributed by atoms with Crippen LogP contribution in [0.5, 0.6) is 11.5 Å². The molecular weight excluding hydrogens is 395 g/mol. The summed E-state index contributed by atoms with van der Waals surface area (Å²) in [4.78, 5) is 60.0. The van der Waals surface area contributed by atoms with E-state index in [-0.39, 0.29) is 92.1 Å². The van der Waals surface area contributed by atoms with Gasteiger partial charge in [-0.15, -0.1) is 0 Å². The van der Waals surface area contributed by atoms with Crippen molar-refractivity contribution >= 4 is 29.5 Å². The van der Waals surface area contributed by atoms with Crippen molar-refractivity contribution in [3.63, 3.8) is 0 Å². The summed E-state index contributed by atoms with van der Waals surface area (Å²) in [6, 6.07) is 6.19. The molecule has 1 aliphatic carbocycles. The molecule has 0 unspecified atom stereocenters. The zero-order valence-electron chi connectivity index (χ0n) is 16.2. The Balaban J connectivity index is 0.00000210. The standard InChI is InChI=1S/C19H12O8.K.H/c1-8(20)26-13-5-3-4-11-15(13)18(23)16-12(17(11)22)6-10(19(24)25)7-14(16)27-9(2)21;;/h3-7H,1-2H3,(H,24,25);;/q;+1;-1. The van der Waals surface area contributed by atoms with Crippen LogP contribution in [-0.4, -0.2) is 34.6 Å². The first-order valence-electron chi connectivity index (χ1n) is 7.71. The Bertz CT molecular complexity index is 1060. The van der Waals surface area contributed by atoms with Crippen LogP contribution in [0.25, 0.3) is 0 Å². The first kappa shape index (κ1) is 22.1. The molecule has 2 aromatic carbocycles. The van der Waals surface area contributed by atoms with Crippen LogP contribution >= 0.6 is 0 Å². The van der Waals surface area contributed by atoms with Gasteiger partial charge in [0.05, 0.1) is 16.7 Å². The minimum atomic E-state index is -1.36. The molecule has 0 saturated heterocycles. The number of carboxylic acid groups (broad SMARTS) is 1. The van der Waals surface area contributed by atoms with E-state index >= 15 is 0 Å². The number of hydrogen-bond acceptors (Lipinski definition) is 7. The maximum atomic E-state index is 13.1. The number of ether oxygens (including phenoxy) is 2. The number of hydrogen-bond donors (Lipinski definition) is 1. The third-order valence-electron chi connectivity index (χ3n) is 3.83. The first-order valence-corrected chi connectivity index (χ1v) is 7.71. The monoisotopic (exact) mass is 408 g/mol. The summed E-state index contributed by atoms with van der Waals surface area (Å²) >= 11 is 0. The van der Waals surface area contributed by atoms with Gasteiger partial charge in [-0.25, -0.2) is 4.79 Å². The summed E-state index contributed by atoms with van der Waals surface area (Å²) in [5.41, 5.74) is -0.967. The van der Waals surface area contributed by atoms with Gasteiger partial charge in [0.15, 0.2) is 5.78 Å². The third kappa shape index (κ3) is 3.98.